The molecule has 4 nitrogen and oxygen atoms in total. The van der Waals surface area contributed by atoms with Gasteiger partial charge in [-0.3, -0.25) is 0 Å². The molecule has 0 bridgehead atoms. The van der Waals surface area contributed by atoms with Crippen LogP contribution in [0, 0.1) is 3.57 Å². The Bertz CT molecular complexity index is 528. The SMILES string of the molecule is CCc1nnc(Oc2ccc(I)cc2)nc1CC. The Balaban J connectivity index is 2.21. The summed E-state index contributed by atoms with van der Waals surface area (Å²) in [6.45, 7) is 4.10. The van der Waals surface area contributed by atoms with E-state index in [1.165, 1.54) is 0 Å². The molecule has 0 aliphatic rings. The van der Waals surface area contributed by atoms with Gasteiger partial charge in [0.1, 0.15) is 5.75 Å². The molecule has 2 aromatic rings. The Labute approximate surface area is 120 Å². The summed E-state index contributed by atoms with van der Waals surface area (Å²) < 4.78 is 6.75. The third-order valence-electron chi connectivity index (χ3n) is 2.51. The number of hydrogen-bond donors (Lipinski definition) is 0. The summed E-state index contributed by atoms with van der Waals surface area (Å²) >= 11 is 2.25. The molecule has 0 amide bonds. The first-order chi connectivity index (χ1) is 8.72. The average molecular weight is 355 g/mol. The van der Waals surface area contributed by atoms with Crippen LogP contribution in [0.4, 0.5) is 0 Å². The molecule has 18 heavy (non-hydrogen) atoms. The minimum Gasteiger partial charge on any atom is -0.423 e. The zero-order valence-corrected chi connectivity index (χ0v) is 12.5. The standard InChI is InChI=1S/C13H14IN3O/c1-3-11-12(4-2)16-17-13(15-11)18-10-7-5-9(14)6-8-10/h5-8H,3-4H2,1-2H3. The van der Waals surface area contributed by atoms with Gasteiger partial charge in [0.25, 0.3) is 0 Å². The number of halogens is 1. The van der Waals surface area contributed by atoms with Crippen molar-refractivity contribution in [2.24, 2.45) is 0 Å². The van der Waals surface area contributed by atoms with Gasteiger partial charge in [0.05, 0.1) is 11.4 Å². The van der Waals surface area contributed by atoms with E-state index >= 15 is 0 Å². The Morgan fingerprint density at radius 1 is 1.00 bits per heavy atom. The lowest BCUT2D eigenvalue weighted by Crippen LogP contribution is -2.04. The van der Waals surface area contributed by atoms with Crippen molar-refractivity contribution in [3.63, 3.8) is 0 Å². The largest absolute Gasteiger partial charge is 0.423 e. The first-order valence-electron chi connectivity index (χ1n) is 5.88. The zero-order chi connectivity index (χ0) is 13.0. The van der Waals surface area contributed by atoms with Crippen molar-refractivity contribution in [1.82, 2.24) is 15.2 Å². The van der Waals surface area contributed by atoms with Gasteiger partial charge in [-0.05, 0) is 59.7 Å². The van der Waals surface area contributed by atoms with Gasteiger partial charge in [-0.1, -0.05) is 18.9 Å². The van der Waals surface area contributed by atoms with Crippen molar-refractivity contribution in [1.29, 1.82) is 0 Å². The summed E-state index contributed by atoms with van der Waals surface area (Å²) in [6, 6.07) is 8.05. The Morgan fingerprint density at radius 3 is 2.28 bits per heavy atom. The van der Waals surface area contributed by atoms with Crippen LogP contribution in [-0.4, -0.2) is 15.2 Å². The molecule has 0 saturated carbocycles. The van der Waals surface area contributed by atoms with E-state index in [-0.39, 0.29) is 0 Å². The lowest BCUT2D eigenvalue weighted by Gasteiger charge is -2.06. The summed E-state index contributed by atoms with van der Waals surface area (Å²) in [7, 11) is 0. The maximum atomic E-state index is 5.59. The number of nitrogens with zero attached hydrogens (tertiary/aromatic N) is 3. The first-order valence-corrected chi connectivity index (χ1v) is 6.96. The van der Waals surface area contributed by atoms with Gasteiger partial charge in [0.15, 0.2) is 0 Å². The first kappa shape index (κ1) is 13.2. The predicted octanol–water partition coefficient (Wildman–Crippen LogP) is 3.39. The van der Waals surface area contributed by atoms with Crippen LogP contribution in [0.15, 0.2) is 24.3 Å². The van der Waals surface area contributed by atoms with E-state index in [1.807, 2.05) is 31.2 Å². The highest BCUT2D eigenvalue weighted by Gasteiger charge is 2.07. The molecule has 0 fully saturated rings. The van der Waals surface area contributed by atoms with Crippen molar-refractivity contribution in [3.05, 3.63) is 39.2 Å². The van der Waals surface area contributed by atoms with Gasteiger partial charge >= 0.3 is 6.01 Å². The van der Waals surface area contributed by atoms with Gasteiger partial charge in [0, 0.05) is 3.57 Å². The summed E-state index contributed by atoms with van der Waals surface area (Å²) in [5, 5.41) is 8.13. The van der Waals surface area contributed by atoms with Crippen LogP contribution in [0.5, 0.6) is 11.8 Å². The van der Waals surface area contributed by atoms with E-state index in [9.17, 15) is 0 Å². The summed E-state index contributed by atoms with van der Waals surface area (Å²) in [4.78, 5) is 4.38. The second kappa shape index (κ2) is 6.08. The van der Waals surface area contributed by atoms with Crippen LogP contribution in [0.2, 0.25) is 0 Å². The van der Waals surface area contributed by atoms with Crippen LogP contribution in [0.25, 0.3) is 0 Å². The summed E-state index contributed by atoms with van der Waals surface area (Å²) in [5.41, 5.74) is 1.89. The molecular weight excluding hydrogens is 341 g/mol. The van der Waals surface area contributed by atoms with Gasteiger partial charge in [0.2, 0.25) is 0 Å². The van der Waals surface area contributed by atoms with E-state index in [4.69, 9.17) is 4.74 Å². The molecule has 2 rings (SSSR count). The van der Waals surface area contributed by atoms with Gasteiger partial charge in [-0.25, -0.2) is 0 Å². The van der Waals surface area contributed by atoms with Crippen LogP contribution in [0.3, 0.4) is 0 Å². The van der Waals surface area contributed by atoms with Crippen molar-refractivity contribution in [3.8, 4) is 11.8 Å². The van der Waals surface area contributed by atoms with Crippen molar-refractivity contribution < 1.29 is 4.74 Å². The van der Waals surface area contributed by atoms with E-state index in [0.717, 1.165) is 33.5 Å². The third kappa shape index (κ3) is 3.16. The lowest BCUT2D eigenvalue weighted by molar-refractivity contribution is 0.428. The zero-order valence-electron chi connectivity index (χ0n) is 10.4. The highest BCUT2D eigenvalue weighted by Crippen LogP contribution is 2.19. The molecule has 0 N–H and O–H groups in total. The maximum Gasteiger partial charge on any atom is 0.341 e. The monoisotopic (exact) mass is 355 g/mol. The number of aromatic nitrogens is 3. The third-order valence-corrected chi connectivity index (χ3v) is 3.23. The fraction of sp³-hybridized carbons (Fsp3) is 0.308. The average Bonchev–Trinajstić information content (AvgIpc) is 2.41. The quantitative estimate of drug-likeness (QED) is 0.789. The van der Waals surface area contributed by atoms with Gasteiger partial charge < -0.3 is 4.74 Å². The fourth-order valence-electron chi connectivity index (χ4n) is 1.57. The number of hydrogen-bond acceptors (Lipinski definition) is 4. The molecule has 0 unspecified atom stereocenters. The molecule has 1 aromatic carbocycles. The van der Waals surface area contributed by atoms with Crippen molar-refractivity contribution in [2.75, 3.05) is 0 Å². The normalized spacial score (nSPS) is 10.4. The highest BCUT2D eigenvalue weighted by molar-refractivity contribution is 14.1. The summed E-state index contributed by atoms with van der Waals surface area (Å²) in [6.07, 6.45) is 1.68. The topological polar surface area (TPSA) is 47.9 Å². The fourth-order valence-corrected chi connectivity index (χ4v) is 1.93. The Kier molecular flexibility index (Phi) is 4.46. The van der Waals surface area contributed by atoms with Crippen LogP contribution in [-0.2, 0) is 12.8 Å². The van der Waals surface area contributed by atoms with Crippen LogP contribution < -0.4 is 4.74 Å². The van der Waals surface area contributed by atoms with Crippen molar-refractivity contribution >= 4 is 22.6 Å². The highest BCUT2D eigenvalue weighted by atomic mass is 127. The lowest BCUT2D eigenvalue weighted by atomic mass is 10.2. The minimum absolute atomic E-state index is 0.310. The number of benzene rings is 1. The summed E-state index contributed by atoms with van der Waals surface area (Å²) in [5.74, 6) is 0.725. The second-order valence-corrected chi connectivity index (χ2v) is 5.00. The van der Waals surface area contributed by atoms with Crippen LogP contribution >= 0.6 is 22.6 Å². The molecule has 5 heteroatoms. The van der Waals surface area contributed by atoms with E-state index in [2.05, 4.69) is 44.7 Å². The minimum atomic E-state index is 0.310. The van der Waals surface area contributed by atoms with Gasteiger partial charge in [-0.15, -0.1) is 5.10 Å². The molecule has 0 spiro atoms. The molecule has 1 aromatic heterocycles. The predicted molar refractivity (Wildman–Crippen MR) is 77.8 cm³/mol. The Morgan fingerprint density at radius 2 is 1.67 bits per heavy atom. The smallest absolute Gasteiger partial charge is 0.341 e. The molecule has 94 valence electrons. The van der Waals surface area contributed by atoms with E-state index in [0.29, 0.717) is 6.01 Å². The van der Waals surface area contributed by atoms with E-state index in [1.54, 1.807) is 0 Å². The van der Waals surface area contributed by atoms with Crippen molar-refractivity contribution in [2.45, 2.75) is 26.7 Å². The number of ether oxygens (including phenoxy) is 1. The number of rotatable bonds is 4. The molecular formula is C13H14IN3O. The molecule has 1 heterocycles. The molecule has 0 saturated heterocycles. The maximum absolute atomic E-state index is 5.59. The molecule has 0 aliphatic carbocycles. The van der Waals surface area contributed by atoms with Gasteiger partial charge in [-0.2, -0.15) is 4.98 Å². The molecule has 0 atom stereocenters. The second-order valence-electron chi connectivity index (χ2n) is 3.75. The Hall–Kier alpha value is -1.24. The van der Waals surface area contributed by atoms with E-state index < -0.39 is 0 Å². The van der Waals surface area contributed by atoms with Crippen LogP contribution in [0.1, 0.15) is 25.2 Å². The number of aryl methyl sites for hydroxylation is 2. The molecule has 0 radical (unpaired) electrons. The molecule has 0 aliphatic heterocycles.